The minimum atomic E-state index is -0.720. The van der Waals surface area contributed by atoms with Gasteiger partial charge in [-0.3, -0.25) is 18.7 Å². The van der Waals surface area contributed by atoms with Crippen LogP contribution in [-0.4, -0.2) is 38.1 Å². The van der Waals surface area contributed by atoms with Gasteiger partial charge in [-0.1, -0.05) is 17.8 Å². The third-order valence-corrected chi connectivity index (χ3v) is 6.52. The van der Waals surface area contributed by atoms with E-state index in [1.165, 1.54) is 21.2 Å². The number of carbonyl (C=O) groups is 1. The molecule has 0 fully saturated rings. The second-order valence-electron chi connectivity index (χ2n) is 7.34. The number of thioether (sulfide) groups is 1. The Kier molecular flexibility index (Phi) is 8.00. The summed E-state index contributed by atoms with van der Waals surface area (Å²) < 4.78 is 7.72. The average molecular weight is 547 g/mol. The summed E-state index contributed by atoms with van der Waals surface area (Å²) in [6.07, 6.45) is 0. The first-order valence-electron chi connectivity index (χ1n) is 10.0. The highest BCUT2D eigenvalue weighted by Crippen LogP contribution is 2.26. The molecule has 0 bridgehead atoms. The van der Waals surface area contributed by atoms with E-state index in [1.807, 2.05) is 19.1 Å². The minimum Gasteiger partial charge on any atom is -0.497 e. The molecule has 3 rings (SSSR count). The molecule has 1 heterocycles. The Bertz CT molecular complexity index is 1380. The van der Waals surface area contributed by atoms with E-state index in [1.54, 1.807) is 30.3 Å². The molecule has 0 aliphatic rings. The van der Waals surface area contributed by atoms with E-state index in [4.69, 9.17) is 4.74 Å². The Hall–Kier alpha value is -3.31. The number of benzene rings is 2. The smallest absolute Gasteiger partial charge is 0.333 e. The second kappa shape index (κ2) is 10.7. The molecule has 9 nitrogen and oxygen atoms in total. The van der Waals surface area contributed by atoms with E-state index in [0.717, 1.165) is 30.9 Å². The number of carbonyl (C=O) groups excluding carboxylic acids is 1. The largest absolute Gasteiger partial charge is 0.497 e. The summed E-state index contributed by atoms with van der Waals surface area (Å²) >= 11 is 4.40. The molecule has 0 spiro atoms. The number of halogens is 1. The fourth-order valence-electron chi connectivity index (χ4n) is 3.00. The summed E-state index contributed by atoms with van der Waals surface area (Å²) in [6.45, 7) is 1.94. The van der Waals surface area contributed by atoms with Crippen molar-refractivity contribution >= 4 is 50.0 Å². The molecule has 0 radical (unpaired) electrons. The number of nitrogens with one attached hydrogen (secondary N) is 1. The van der Waals surface area contributed by atoms with Crippen LogP contribution in [0.15, 0.2) is 61.5 Å². The normalized spacial score (nSPS) is 11.4. The first-order valence-corrected chi connectivity index (χ1v) is 11.8. The summed E-state index contributed by atoms with van der Waals surface area (Å²) in [5.74, 6) is -0.342. The maximum atomic E-state index is 12.9. The number of ether oxygens (including phenoxy) is 1. The quantitative estimate of drug-likeness (QED) is 0.362. The SMILES string of the molecule is COc1ccc(N=C(SCC(=O)Nc2ccc(C)cc2Br)c2c(O)n(C)c(=O)n(C)c2=O)cc1. The lowest BCUT2D eigenvalue weighted by Gasteiger charge is -2.13. The lowest BCUT2D eigenvalue weighted by Crippen LogP contribution is -2.39. The van der Waals surface area contributed by atoms with Gasteiger partial charge in [-0.05, 0) is 64.8 Å². The number of hydrogen-bond acceptors (Lipinski definition) is 7. The molecular formula is C23H23BrN4O5S. The fourth-order valence-corrected chi connectivity index (χ4v) is 4.42. The van der Waals surface area contributed by atoms with Crippen molar-refractivity contribution < 1.29 is 14.6 Å². The molecule has 34 heavy (non-hydrogen) atoms. The molecule has 0 aliphatic heterocycles. The van der Waals surface area contributed by atoms with Gasteiger partial charge in [0.05, 0.1) is 24.2 Å². The Balaban J connectivity index is 1.97. The molecule has 0 atom stereocenters. The fraction of sp³-hybridized carbons (Fsp3) is 0.217. The lowest BCUT2D eigenvalue weighted by atomic mass is 10.2. The van der Waals surface area contributed by atoms with Crippen LogP contribution in [0.25, 0.3) is 0 Å². The van der Waals surface area contributed by atoms with Gasteiger partial charge in [0.1, 0.15) is 16.4 Å². The zero-order valence-corrected chi connectivity index (χ0v) is 21.4. The van der Waals surface area contributed by atoms with Gasteiger partial charge in [-0.25, -0.2) is 9.79 Å². The molecule has 11 heteroatoms. The van der Waals surface area contributed by atoms with Crippen molar-refractivity contribution in [3.63, 3.8) is 0 Å². The van der Waals surface area contributed by atoms with Crippen molar-refractivity contribution in [2.75, 3.05) is 18.2 Å². The van der Waals surface area contributed by atoms with Crippen molar-refractivity contribution in [2.24, 2.45) is 19.1 Å². The molecule has 178 valence electrons. The Morgan fingerprint density at radius 3 is 2.44 bits per heavy atom. The highest BCUT2D eigenvalue weighted by atomic mass is 79.9. The van der Waals surface area contributed by atoms with Crippen LogP contribution in [0.4, 0.5) is 11.4 Å². The van der Waals surface area contributed by atoms with Gasteiger partial charge in [-0.15, -0.1) is 0 Å². The number of aromatic hydroxyl groups is 1. The number of hydrogen-bond donors (Lipinski definition) is 2. The first-order chi connectivity index (χ1) is 16.1. The topological polar surface area (TPSA) is 115 Å². The van der Waals surface area contributed by atoms with E-state index in [9.17, 15) is 19.5 Å². The van der Waals surface area contributed by atoms with E-state index < -0.39 is 17.1 Å². The molecule has 0 aliphatic carbocycles. The number of anilines is 1. The van der Waals surface area contributed by atoms with Crippen molar-refractivity contribution in [3.8, 4) is 11.6 Å². The van der Waals surface area contributed by atoms with Crippen molar-refractivity contribution in [1.29, 1.82) is 0 Å². The van der Waals surface area contributed by atoms with E-state index >= 15 is 0 Å². The van der Waals surface area contributed by atoms with Gasteiger partial charge < -0.3 is 15.2 Å². The van der Waals surface area contributed by atoms with Crippen LogP contribution in [0.3, 0.4) is 0 Å². The summed E-state index contributed by atoms with van der Waals surface area (Å²) in [7, 11) is 4.19. The van der Waals surface area contributed by atoms with Crippen molar-refractivity contribution in [1.82, 2.24) is 9.13 Å². The summed E-state index contributed by atoms with van der Waals surface area (Å²) in [6, 6.07) is 12.3. The highest BCUT2D eigenvalue weighted by Gasteiger charge is 2.22. The predicted octanol–water partition coefficient (Wildman–Crippen LogP) is 3.32. The van der Waals surface area contributed by atoms with Gasteiger partial charge in [0.25, 0.3) is 5.56 Å². The van der Waals surface area contributed by atoms with Crippen molar-refractivity contribution in [2.45, 2.75) is 6.92 Å². The van der Waals surface area contributed by atoms with Crippen LogP contribution < -0.4 is 21.3 Å². The first kappa shape index (κ1) is 25.3. The maximum Gasteiger partial charge on any atom is 0.333 e. The molecule has 3 aromatic rings. The molecule has 0 saturated carbocycles. The third-order valence-electron chi connectivity index (χ3n) is 4.89. The van der Waals surface area contributed by atoms with E-state index in [0.29, 0.717) is 17.1 Å². The molecule has 0 saturated heterocycles. The predicted molar refractivity (Wildman–Crippen MR) is 138 cm³/mol. The minimum absolute atomic E-state index is 0.0944. The average Bonchev–Trinajstić information content (AvgIpc) is 2.82. The molecule has 0 unspecified atom stereocenters. The van der Waals surface area contributed by atoms with Crippen LogP contribution in [0.2, 0.25) is 0 Å². The highest BCUT2D eigenvalue weighted by molar-refractivity contribution is 9.10. The third kappa shape index (κ3) is 5.60. The maximum absolute atomic E-state index is 12.9. The lowest BCUT2D eigenvalue weighted by molar-refractivity contribution is -0.113. The monoisotopic (exact) mass is 546 g/mol. The van der Waals surface area contributed by atoms with Gasteiger partial charge in [-0.2, -0.15) is 0 Å². The van der Waals surface area contributed by atoms with Crippen LogP contribution in [0.5, 0.6) is 11.6 Å². The number of methoxy groups -OCH3 is 1. The van der Waals surface area contributed by atoms with Crippen LogP contribution in [0, 0.1) is 6.92 Å². The van der Waals surface area contributed by atoms with Gasteiger partial charge in [0.2, 0.25) is 11.8 Å². The number of amides is 1. The van der Waals surface area contributed by atoms with Crippen LogP contribution in [0.1, 0.15) is 11.1 Å². The molecule has 1 amide bonds. The standard InChI is InChI=1S/C23H23BrN4O5S/c1-13-5-10-17(16(24)11-13)26-18(29)12-34-20(25-14-6-8-15(33-4)9-7-14)19-21(30)27(2)23(32)28(3)22(19)31/h5-11,30H,12H2,1-4H3,(H,26,29). The molecular weight excluding hydrogens is 524 g/mol. The zero-order chi connectivity index (χ0) is 25.0. The number of aryl methyl sites for hydroxylation is 1. The van der Waals surface area contributed by atoms with E-state index in [2.05, 4.69) is 26.2 Å². The molecule has 2 aromatic carbocycles. The zero-order valence-electron chi connectivity index (χ0n) is 19.0. The number of nitrogens with zero attached hydrogens (tertiary/aromatic N) is 3. The summed E-state index contributed by atoms with van der Waals surface area (Å²) in [4.78, 5) is 42.2. The van der Waals surface area contributed by atoms with Gasteiger partial charge >= 0.3 is 5.69 Å². The number of aromatic nitrogens is 2. The van der Waals surface area contributed by atoms with Crippen LogP contribution >= 0.6 is 27.7 Å². The number of aliphatic imine (C=N–C) groups is 1. The Morgan fingerprint density at radius 1 is 1.15 bits per heavy atom. The Morgan fingerprint density at radius 2 is 1.82 bits per heavy atom. The summed E-state index contributed by atoms with van der Waals surface area (Å²) in [5, 5.41) is 13.5. The second-order valence-corrected chi connectivity index (χ2v) is 9.16. The van der Waals surface area contributed by atoms with Gasteiger partial charge in [0.15, 0.2) is 0 Å². The Labute approximate surface area is 208 Å². The van der Waals surface area contributed by atoms with Crippen molar-refractivity contribution in [3.05, 3.63) is 78.9 Å². The summed E-state index contributed by atoms with van der Waals surface area (Å²) in [5.41, 5.74) is 0.541. The van der Waals surface area contributed by atoms with Gasteiger partial charge in [0, 0.05) is 18.6 Å². The van der Waals surface area contributed by atoms with E-state index in [-0.39, 0.29) is 22.3 Å². The number of rotatable bonds is 6. The molecule has 1 aromatic heterocycles. The molecule has 2 N–H and O–H groups in total. The van der Waals surface area contributed by atoms with Crippen LogP contribution in [-0.2, 0) is 18.9 Å².